The van der Waals surface area contributed by atoms with Crippen LogP contribution in [0.3, 0.4) is 0 Å². The van der Waals surface area contributed by atoms with E-state index in [0.29, 0.717) is 13.1 Å². The predicted octanol–water partition coefficient (Wildman–Crippen LogP) is 1.35. The monoisotopic (exact) mass is 235 g/mol. The summed E-state index contributed by atoms with van der Waals surface area (Å²) in [6.07, 6.45) is 3.61. The Morgan fingerprint density at radius 3 is 2.71 bits per heavy atom. The predicted molar refractivity (Wildman–Crippen MR) is 68.6 cm³/mol. The molecule has 1 rings (SSSR count). The number of pyridine rings is 1. The zero-order valence-electron chi connectivity index (χ0n) is 10.9. The van der Waals surface area contributed by atoms with Crippen LogP contribution in [0.25, 0.3) is 0 Å². The molecule has 1 heterocycles. The normalized spacial score (nSPS) is 10.3. The molecule has 1 amide bonds. The lowest BCUT2D eigenvalue weighted by molar-refractivity contribution is -0.129. The Morgan fingerprint density at radius 2 is 2.12 bits per heavy atom. The average molecular weight is 235 g/mol. The second-order valence-electron chi connectivity index (χ2n) is 3.97. The Balaban J connectivity index is 2.38. The van der Waals surface area contributed by atoms with Crippen molar-refractivity contribution in [1.82, 2.24) is 15.2 Å². The molecule has 94 valence electrons. The van der Waals surface area contributed by atoms with Crippen LogP contribution in [0.15, 0.2) is 18.5 Å². The van der Waals surface area contributed by atoms with E-state index in [1.54, 1.807) is 6.20 Å². The molecule has 0 aromatic carbocycles. The molecule has 0 spiro atoms. The summed E-state index contributed by atoms with van der Waals surface area (Å²) < 4.78 is 0. The number of aromatic nitrogens is 1. The summed E-state index contributed by atoms with van der Waals surface area (Å²) in [6, 6.07) is 1.98. The number of carbonyl (C=O) groups excluding carboxylic acids is 1. The maximum atomic E-state index is 11.7. The number of likely N-dealkylation sites (N-methyl/N-ethyl adjacent to an activating group) is 1. The summed E-state index contributed by atoms with van der Waals surface area (Å²) in [7, 11) is 0. The van der Waals surface area contributed by atoms with Crippen LogP contribution >= 0.6 is 0 Å². The van der Waals surface area contributed by atoms with Gasteiger partial charge in [-0.15, -0.1) is 0 Å². The molecule has 0 radical (unpaired) electrons. The highest BCUT2D eigenvalue weighted by molar-refractivity contribution is 5.78. The molecular formula is C13H21N3O. The van der Waals surface area contributed by atoms with Gasteiger partial charge in [0.1, 0.15) is 0 Å². The lowest BCUT2D eigenvalue weighted by Gasteiger charge is -2.18. The zero-order chi connectivity index (χ0) is 12.7. The highest BCUT2D eigenvalue weighted by atomic mass is 16.2. The smallest absolute Gasteiger partial charge is 0.236 e. The SMILES string of the molecule is CCN(CC)C(=O)CNCc1ccncc1C. The minimum absolute atomic E-state index is 0.154. The van der Waals surface area contributed by atoms with Gasteiger partial charge in [-0.25, -0.2) is 0 Å². The fourth-order valence-electron chi connectivity index (χ4n) is 1.69. The maximum Gasteiger partial charge on any atom is 0.236 e. The van der Waals surface area contributed by atoms with E-state index >= 15 is 0 Å². The average Bonchev–Trinajstić information content (AvgIpc) is 2.33. The van der Waals surface area contributed by atoms with Gasteiger partial charge >= 0.3 is 0 Å². The zero-order valence-corrected chi connectivity index (χ0v) is 10.9. The van der Waals surface area contributed by atoms with Crippen LogP contribution in [0.1, 0.15) is 25.0 Å². The summed E-state index contributed by atoms with van der Waals surface area (Å²) in [4.78, 5) is 17.6. The molecule has 1 N–H and O–H groups in total. The van der Waals surface area contributed by atoms with Crippen LogP contribution in [0, 0.1) is 6.92 Å². The molecule has 0 saturated carbocycles. The number of amides is 1. The standard InChI is InChI=1S/C13H21N3O/c1-4-16(5-2)13(17)10-15-9-12-6-7-14-8-11(12)3/h6-8,15H,4-5,9-10H2,1-3H3. The van der Waals surface area contributed by atoms with Crippen molar-refractivity contribution >= 4 is 5.91 Å². The van der Waals surface area contributed by atoms with Gasteiger partial charge in [-0.05, 0) is 38.0 Å². The second-order valence-corrected chi connectivity index (χ2v) is 3.97. The highest BCUT2D eigenvalue weighted by Gasteiger charge is 2.08. The van der Waals surface area contributed by atoms with Crippen molar-refractivity contribution in [3.05, 3.63) is 29.6 Å². The van der Waals surface area contributed by atoms with Crippen LogP contribution in [-0.4, -0.2) is 35.4 Å². The fraction of sp³-hybridized carbons (Fsp3) is 0.538. The Hall–Kier alpha value is -1.42. The van der Waals surface area contributed by atoms with E-state index < -0.39 is 0 Å². The lowest BCUT2D eigenvalue weighted by atomic mass is 10.1. The number of carbonyl (C=O) groups is 1. The molecule has 0 saturated heterocycles. The molecule has 4 nitrogen and oxygen atoms in total. The van der Waals surface area contributed by atoms with E-state index in [4.69, 9.17) is 0 Å². The molecule has 0 aliphatic rings. The maximum absolute atomic E-state index is 11.7. The van der Waals surface area contributed by atoms with Gasteiger partial charge in [0.15, 0.2) is 0 Å². The van der Waals surface area contributed by atoms with Crippen molar-refractivity contribution in [3.8, 4) is 0 Å². The fourth-order valence-corrected chi connectivity index (χ4v) is 1.69. The first kappa shape index (κ1) is 13.6. The molecule has 17 heavy (non-hydrogen) atoms. The lowest BCUT2D eigenvalue weighted by Crippen LogP contribution is -2.37. The third-order valence-electron chi connectivity index (χ3n) is 2.84. The van der Waals surface area contributed by atoms with E-state index in [-0.39, 0.29) is 5.91 Å². The van der Waals surface area contributed by atoms with E-state index in [9.17, 15) is 4.79 Å². The Kier molecular flexibility index (Phi) is 5.63. The van der Waals surface area contributed by atoms with E-state index in [1.807, 2.05) is 37.9 Å². The molecule has 1 aromatic heterocycles. The van der Waals surface area contributed by atoms with Gasteiger partial charge in [-0.2, -0.15) is 0 Å². The van der Waals surface area contributed by atoms with Gasteiger partial charge in [-0.3, -0.25) is 9.78 Å². The van der Waals surface area contributed by atoms with Crippen LogP contribution in [0.5, 0.6) is 0 Å². The first-order chi connectivity index (χ1) is 8.19. The van der Waals surface area contributed by atoms with Crippen LogP contribution in [0.4, 0.5) is 0 Å². The van der Waals surface area contributed by atoms with Crippen LogP contribution in [0.2, 0.25) is 0 Å². The number of nitrogens with zero attached hydrogens (tertiary/aromatic N) is 2. The molecule has 1 aromatic rings. The Morgan fingerprint density at radius 1 is 1.41 bits per heavy atom. The highest BCUT2D eigenvalue weighted by Crippen LogP contribution is 2.03. The van der Waals surface area contributed by atoms with E-state index in [1.165, 1.54) is 5.56 Å². The summed E-state index contributed by atoms with van der Waals surface area (Å²) >= 11 is 0. The van der Waals surface area contributed by atoms with Gasteiger partial charge in [0, 0.05) is 32.0 Å². The molecule has 0 aliphatic carbocycles. The van der Waals surface area contributed by atoms with Gasteiger partial charge in [-0.1, -0.05) is 0 Å². The minimum Gasteiger partial charge on any atom is -0.342 e. The summed E-state index contributed by atoms with van der Waals surface area (Å²) in [6.45, 7) is 8.65. The first-order valence-electron chi connectivity index (χ1n) is 6.07. The summed E-state index contributed by atoms with van der Waals surface area (Å²) in [5.74, 6) is 0.154. The van der Waals surface area contributed by atoms with Crippen molar-refractivity contribution in [3.63, 3.8) is 0 Å². The topological polar surface area (TPSA) is 45.2 Å². The Labute approximate surface area is 103 Å². The molecule has 0 fully saturated rings. The largest absolute Gasteiger partial charge is 0.342 e. The number of hydrogen-bond acceptors (Lipinski definition) is 3. The van der Waals surface area contributed by atoms with Crippen molar-refractivity contribution in [2.75, 3.05) is 19.6 Å². The number of nitrogens with one attached hydrogen (secondary N) is 1. The van der Waals surface area contributed by atoms with Crippen molar-refractivity contribution in [2.45, 2.75) is 27.3 Å². The molecular weight excluding hydrogens is 214 g/mol. The second kappa shape index (κ2) is 7.01. The number of rotatable bonds is 6. The number of hydrogen-bond donors (Lipinski definition) is 1. The molecule has 4 heteroatoms. The number of aryl methyl sites for hydroxylation is 1. The van der Waals surface area contributed by atoms with Gasteiger partial charge in [0.05, 0.1) is 6.54 Å². The van der Waals surface area contributed by atoms with Crippen LogP contribution < -0.4 is 5.32 Å². The van der Waals surface area contributed by atoms with E-state index in [2.05, 4.69) is 10.3 Å². The minimum atomic E-state index is 0.154. The van der Waals surface area contributed by atoms with Crippen molar-refractivity contribution < 1.29 is 4.79 Å². The quantitative estimate of drug-likeness (QED) is 0.809. The van der Waals surface area contributed by atoms with Crippen LogP contribution in [-0.2, 0) is 11.3 Å². The molecule has 0 bridgehead atoms. The van der Waals surface area contributed by atoms with Gasteiger partial charge in [0.25, 0.3) is 0 Å². The third kappa shape index (κ3) is 4.15. The van der Waals surface area contributed by atoms with Crippen molar-refractivity contribution in [2.24, 2.45) is 0 Å². The first-order valence-corrected chi connectivity index (χ1v) is 6.07. The molecule has 0 unspecified atom stereocenters. The van der Waals surface area contributed by atoms with E-state index in [0.717, 1.165) is 18.7 Å². The van der Waals surface area contributed by atoms with Crippen molar-refractivity contribution in [1.29, 1.82) is 0 Å². The van der Waals surface area contributed by atoms with Gasteiger partial charge in [0.2, 0.25) is 5.91 Å². The van der Waals surface area contributed by atoms with Gasteiger partial charge < -0.3 is 10.2 Å². The summed E-state index contributed by atoms with van der Waals surface area (Å²) in [5.41, 5.74) is 2.34. The third-order valence-corrected chi connectivity index (χ3v) is 2.84. The Bertz CT molecular complexity index is 361. The molecule has 0 atom stereocenters. The molecule has 0 aliphatic heterocycles. The summed E-state index contributed by atoms with van der Waals surface area (Å²) in [5, 5.41) is 3.17.